The van der Waals surface area contributed by atoms with E-state index < -0.39 is 19.5 Å². The minimum absolute atomic E-state index is 0.0830. The van der Waals surface area contributed by atoms with Gasteiger partial charge in [-0.05, 0) is 18.4 Å². The van der Waals surface area contributed by atoms with Crippen LogP contribution in [0.1, 0.15) is 24.6 Å². The van der Waals surface area contributed by atoms with Crippen molar-refractivity contribution < 1.29 is 19.0 Å². The highest BCUT2D eigenvalue weighted by Crippen LogP contribution is 2.37. The van der Waals surface area contributed by atoms with E-state index >= 15 is 0 Å². The van der Waals surface area contributed by atoms with Crippen LogP contribution in [0.5, 0.6) is 0 Å². The first-order chi connectivity index (χ1) is 13.7. The van der Waals surface area contributed by atoms with Crippen LogP contribution in [0.3, 0.4) is 0 Å². The monoisotopic (exact) mass is 438 g/mol. The summed E-state index contributed by atoms with van der Waals surface area (Å²) in [7, 11) is -0.312. The molecule has 0 aliphatic carbocycles. The summed E-state index contributed by atoms with van der Waals surface area (Å²) in [6, 6.07) is 8.40. The first-order valence-corrected chi connectivity index (χ1v) is 12.0. The van der Waals surface area contributed by atoms with Gasteiger partial charge in [-0.25, -0.2) is 10.1 Å². The van der Waals surface area contributed by atoms with Crippen molar-refractivity contribution in [2.45, 2.75) is 32.2 Å². The molecule has 2 amide bonds. The highest BCUT2D eigenvalue weighted by Gasteiger charge is 2.28. The van der Waals surface area contributed by atoms with Crippen LogP contribution in [0.2, 0.25) is 0 Å². The number of rotatable bonds is 10. The minimum Gasteiger partial charge on any atom is -0.348 e. The van der Waals surface area contributed by atoms with Crippen molar-refractivity contribution in [2.75, 3.05) is 25.6 Å². The summed E-state index contributed by atoms with van der Waals surface area (Å²) in [5, 5.41) is 7.39. The predicted octanol–water partition coefficient (Wildman–Crippen LogP) is 2.51. The van der Waals surface area contributed by atoms with Crippen molar-refractivity contribution in [1.29, 1.82) is 0 Å². The number of aromatic nitrogens is 1. The molecule has 2 rings (SSSR count). The Morgan fingerprint density at radius 1 is 1.28 bits per heavy atom. The molecule has 1 aromatic carbocycles. The molecule has 0 spiro atoms. The molecule has 2 unspecified atom stereocenters. The van der Waals surface area contributed by atoms with Crippen molar-refractivity contribution in [3.05, 3.63) is 47.0 Å². The number of anilines is 1. The Morgan fingerprint density at radius 3 is 2.59 bits per heavy atom. The maximum atomic E-state index is 12.8. The van der Waals surface area contributed by atoms with Crippen molar-refractivity contribution in [3.8, 4) is 0 Å². The maximum Gasteiger partial charge on any atom is 0.267 e. The van der Waals surface area contributed by atoms with E-state index in [-0.39, 0.29) is 24.9 Å². The third-order valence-electron chi connectivity index (χ3n) is 4.10. The normalized spacial score (nSPS) is 14.1. The number of carbonyl (C=O) groups is 2. The zero-order chi connectivity index (χ0) is 21.4. The summed E-state index contributed by atoms with van der Waals surface area (Å²) in [4.78, 5) is 40.5. The highest BCUT2D eigenvalue weighted by atomic mass is 32.1. The molecule has 0 aliphatic heterocycles. The van der Waals surface area contributed by atoms with Gasteiger partial charge >= 0.3 is 0 Å². The maximum absolute atomic E-state index is 12.8. The summed E-state index contributed by atoms with van der Waals surface area (Å²) < 4.78 is 12.4. The van der Waals surface area contributed by atoms with E-state index in [0.717, 1.165) is 5.56 Å². The largest absolute Gasteiger partial charge is 0.348 e. The lowest BCUT2D eigenvalue weighted by Crippen LogP contribution is -2.41. The van der Waals surface area contributed by atoms with E-state index in [0.29, 0.717) is 17.2 Å². The number of nitrogens with zero attached hydrogens (tertiary/aromatic N) is 2. The minimum atomic E-state index is -3.65. The van der Waals surface area contributed by atoms with Gasteiger partial charge in [-0.2, -0.15) is 0 Å². The number of hydrogen-bond donors (Lipinski definition) is 3. The van der Waals surface area contributed by atoms with Gasteiger partial charge in [0, 0.05) is 25.6 Å². The molecule has 2 atom stereocenters. The second-order valence-electron chi connectivity index (χ2n) is 6.89. The van der Waals surface area contributed by atoms with Crippen LogP contribution >= 0.6 is 18.9 Å². The molecule has 29 heavy (non-hydrogen) atoms. The molecule has 10 heteroatoms. The fraction of sp³-hybridized carbons (Fsp3) is 0.421. The Labute approximate surface area is 174 Å². The zero-order valence-corrected chi connectivity index (χ0v) is 18.5. The van der Waals surface area contributed by atoms with E-state index in [1.807, 2.05) is 37.3 Å². The molecular weight excluding hydrogens is 411 g/mol. The molecule has 0 bridgehead atoms. The standard InChI is InChI=1S/C19H27N4O4PS/c1-4-10-28(26,27)22-16(11-14-8-6-5-7-9-14)18(25)21-19-20-15(13-29-19)12-17(24)23(2)3/h5-9,13,16H,4,10-12H2,1-3H3,(H,20,21,25)(H2,22,26,27). The third kappa shape index (κ3) is 7.70. The van der Waals surface area contributed by atoms with Gasteiger partial charge in [0.2, 0.25) is 11.8 Å². The summed E-state index contributed by atoms with van der Waals surface area (Å²) in [6.07, 6.45) is 1.02. The fourth-order valence-electron chi connectivity index (χ4n) is 2.61. The second kappa shape index (κ2) is 10.6. The van der Waals surface area contributed by atoms with E-state index in [2.05, 4.69) is 15.4 Å². The van der Waals surface area contributed by atoms with Gasteiger partial charge in [0.05, 0.1) is 18.2 Å². The van der Waals surface area contributed by atoms with Gasteiger partial charge in [0.15, 0.2) is 5.13 Å². The van der Waals surface area contributed by atoms with Gasteiger partial charge in [-0.1, -0.05) is 37.3 Å². The average molecular weight is 438 g/mol. The molecule has 0 radical (unpaired) electrons. The van der Waals surface area contributed by atoms with Crippen LogP contribution in [0, 0.1) is 0 Å². The van der Waals surface area contributed by atoms with Gasteiger partial charge in [0.25, 0.3) is 7.52 Å². The quantitative estimate of drug-likeness (QED) is 0.492. The molecule has 3 N–H and O–H groups in total. The molecule has 8 nitrogen and oxygen atoms in total. The van der Waals surface area contributed by atoms with Crippen LogP contribution in [-0.2, 0) is 27.0 Å². The van der Waals surface area contributed by atoms with Gasteiger partial charge < -0.3 is 15.1 Å². The van der Waals surface area contributed by atoms with Gasteiger partial charge in [-0.3, -0.25) is 14.2 Å². The number of carbonyl (C=O) groups excluding carboxylic acids is 2. The molecule has 1 heterocycles. The van der Waals surface area contributed by atoms with Crippen LogP contribution < -0.4 is 10.4 Å². The summed E-state index contributed by atoms with van der Waals surface area (Å²) in [5.41, 5.74) is 1.43. The number of thiazole rings is 1. The average Bonchev–Trinajstić information content (AvgIpc) is 3.08. The molecule has 2 aromatic rings. The number of benzene rings is 1. The first-order valence-electron chi connectivity index (χ1n) is 9.29. The van der Waals surface area contributed by atoms with Crippen LogP contribution in [0.4, 0.5) is 5.13 Å². The first kappa shape index (κ1) is 23.2. The molecule has 0 aliphatic rings. The SMILES string of the molecule is CCCP(=O)(O)NC(Cc1ccccc1)C(=O)Nc1nc(CC(=O)N(C)C)cs1. The third-order valence-corrected chi connectivity index (χ3v) is 6.67. The number of nitrogens with one attached hydrogen (secondary N) is 2. The Balaban J connectivity index is 2.11. The van der Waals surface area contributed by atoms with E-state index in [4.69, 9.17) is 0 Å². The highest BCUT2D eigenvalue weighted by molar-refractivity contribution is 7.55. The summed E-state index contributed by atoms with van der Waals surface area (Å²) in [5.74, 6) is -0.531. The predicted molar refractivity (Wildman–Crippen MR) is 115 cm³/mol. The Hall–Kier alpha value is -2.06. The van der Waals surface area contributed by atoms with Crippen molar-refractivity contribution in [2.24, 2.45) is 0 Å². The molecule has 0 saturated heterocycles. The number of amides is 2. The zero-order valence-electron chi connectivity index (χ0n) is 16.8. The summed E-state index contributed by atoms with van der Waals surface area (Å²) >= 11 is 1.21. The second-order valence-corrected chi connectivity index (χ2v) is 9.86. The fourth-order valence-corrected chi connectivity index (χ4v) is 4.75. The van der Waals surface area contributed by atoms with E-state index in [1.54, 1.807) is 19.5 Å². The number of hydrogen-bond acceptors (Lipinski definition) is 5. The molecule has 1 aromatic heterocycles. The van der Waals surface area contributed by atoms with Crippen LogP contribution in [-0.4, -0.2) is 52.9 Å². The lowest BCUT2D eigenvalue weighted by Gasteiger charge is -2.21. The van der Waals surface area contributed by atoms with Gasteiger partial charge in [-0.15, -0.1) is 11.3 Å². The lowest BCUT2D eigenvalue weighted by molar-refractivity contribution is -0.128. The molecular formula is C19H27N4O4PS. The Kier molecular flexibility index (Phi) is 8.52. The van der Waals surface area contributed by atoms with Gasteiger partial charge in [0.1, 0.15) is 0 Å². The summed E-state index contributed by atoms with van der Waals surface area (Å²) in [6.45, 7) is 1.81. The smallest absolute Gasteiger partial charge is 0.267 e. The van der Waals surface area contributed by atoms with Crippen molar-refractivity contribution in [3.63, 3.8) is 0 Å². The topological polar surface area (TPSA) is 112 Å². The Bertz CT molecular complexity index is 872. The molecule has 0 fully saturated rings. The Morgan fingerprint density at radius 2 is 1.97 bits per heavy atom. The van der Waals surface area contributed by atoms with Crippen molar-refractivity contribution >= 4 is 35.8 Å². The van der Waals surface area contributed by atoms with E-state index in [1.165, 1.54) is 16.2 Å². The van der Waals surface area contributed by atoms with E-state index in [9.17, 15) is 19.0 Å². The molecule has 0 saturated carbocycles. The van der Waals surface area contributed by atoms with Crippen LogP contribution in [0.25, 0.3) is 0 Å². The van der Waals surface area contributed by atoms with Crippen molar-refractivity contribution in [1.82, 2.24) is 15.0 Å². The lowest BCUT2D eigenvalue weighted by atomic mass is 10.1. The molecule has 158 valence electrons. The van der Waals surface area contributed by atoms with Crippen LogP contribution in [0.15, 0.2) is 35.7 Å². The number of likely N-dealkylation sites (N-methyl/N-ethyl adjacent to an activating group) is 1.